The maximum Gasteiger partial charge on any atom is 0.195 e. The minimum absolute atomic E-state index is 0.191. The normalized spacial score (nSPS) is 20.8. The molecule has 1 N–H and O–H groups in total. The van der Waals surface area contributed by atoms with E-state index in [4.69, 9.17) is 0 Å². The van der Waals surface area contributed by atoms with Crippen LogP contribution in [-0.2, 0) is 19.4 Å². The molecule has 2 aromatic rings. The van der Waals surface area contributed by atoms with Gasteiger partial charge in [-0.05, 0) is 37.1 Å². The highest BCUT2D eigenvalue weighted by molar-refractivity contribution is 7.93. The van der Waals surface area contributed by atoms with E-state index in [9.17, 15) is 13.2 Å². The number of carbonyl (C=O) groups is 1. The van der Waals surface area contributed by atoms with Gasteiger partial charge in [-0.25, -0.2) is 8.42 Å². The molecule has 0 bridgehead atoms. The molecule has 0 fully saturated rings. The lowest BCUT2D eigenvalue weighted by Crippen LogP contribution is -2.42. The molecule has 0 saturated carbocycles. The van der Waals surface area contributed by atoms with Crippen LogP contribution in [0.2, 0.25) is 0 Å². The Labute approximate surface area is 130 Å². The molecular weight excluding hydrogens is 298 g/mol. The average Bonchev–Trinajstić information content (AvgIpc) is 2.54. The summed E-state index contributed by atoms with van der Waals surface area (Å²) >= 11 is 0. The first-order chi connectivity index (χ1) is 10.5. The SMILES string of the molecule is Cc1cccc(S(=O)(=O)C2(C=O)CCNc3ccccc32)c1. The van der Waals surface area contributed by atoms with Gasteiger partial charge in [0.25, 0.3) is 0 Å². The molecule has 0 spiro atoms. The van der Waals surface area contributed by atoms with Crippen molar-refractivity contribution in [3.8, 4) is 0 Å². The number of aldehydes is 1. The van der Waals surface area contributed by atoms with Gasteiger partial charge >= 0.3 is 0 Å². The first-order valence-corrected chi connectivity index (χ1v) is 8.60. The van der Waals surface area contributed by atoms with Gasteiger partial charge in [0.15, 0.2) is 14.6 Å². The number of sulfone groups is 1. The van der Waals surface area contributed by atoms with Gasteiger partial charge < -0.3 is 10.1 Å². The van der Waals surface area contributed by atoms with Gasteiger partial charge in [-0.3, -0.25) is 0 Å². The Morgan fingerprint density at radius 3 is 2.64 bits per heavy atom. The Morgan fingerprint density at radius 2 is 1.91 bits per heavy atom. The molecule has 1 aliphatic rings. The summed E-state index contributed by atoms with van der Waals surface area (Å²) in [6.07, 6.45) is 0.814. The van der Waals surface area contributed by atoms with Crippen LogP contribution in [0.5, 0.6) is 0 Å². The number of rotatable bonds is 3. The quantitative estimate of drug-likeness (QED) is 0.885. The van der Waals surface area contributed by atoms with Crippen molar-refractivity contribution in [2.75, 3.05) is 11.9 Å². The zero-order chi connectivity index (χ0) is 15.8. The fraction of sp³-hybridized carbons (Fsp3) is 0.235. The van der Waals surface area contributed by atoms with Crippen molar-refractivity contribution in [1.29, 1.82) is 0 Å². The maximum absolute atomic E-state index is 13.2. The van der Waals surface area contributed by atoms with Crippen LogP contribution in [-0.4, -0.2) is 21.2 Å². The first kappa shape index (κ1) is 14.8. The molecule has 0 radical (unpaired) electrons. The molecule has 4 nitrogen and oxygen atoms in total. The summed E-state index contributed by atoms with van der Waals surface area (Å²) in [7, 11) is -3.82. The summed E-state index contributed by atoms with van der Waals surface area (Å²) in [5.74, 6) is 0. The highest BCUT2D eigenvalue weighted by atomic mass is 32.2. The van der Waals surface area contributed by atoms with Gasteiger partial charge in [-0.15, -0.1) is 0 Å². The van der Waals surface area contributed by atoms with Crippen LogP contribution < -0.4 is 5.32 Å². The largest absolute Gasteiger partial charge is 0.385 e. The van der Waals surface area contributed by atoms with Gasteiger partial charge in [0, 0.05) is 17.8 Å². The van der Waals surface area contributed by atoms with Gasteiger partial charge in [0.1, 0.15) is 6.29 Å². The Hall–Kier alpha value is -2.14. The molecule has 1 heterocycles. The van der Waals surface area contributed by atoms with E-state index in [1.165, 1.54) is 0 Å². The zero-order valence-corrected chi connectivity index (χ0v) is 13.1. The molecule has 0 amide bonds. The average molecular weight is 315 g/mol. The van der Waals surface area contributed by atoms with E-state index in [0.717, 1.165) is 5.56 Å². The second-order valence-corrected chi connectivity index (χ2v) is 7.76. The summed E-state index contributed by atoms with van der Waals surface area (Å²) in [6, 6.07) is 13.8. The van der Waals surface area contributed by atoms with Crippen LogP contribution in [0.3, 0.4) is 0 Å². The molecule has 5 heteroatoms. The van der Waals surface area contributed by atoms with E-state index in [1.54, 1.807) is 36.4 Å². The van der Waals surface area contributed by atoms with Gasteiger partial charge in [-0.1, -0.05) is 30.3 Å². The van der Waals surface area contributed by atoms with Crippen LogP contribution in [0.1, 0.15) is 17.5 Å². The van der Waals surface area contributed by atoms with Crippen LogP contribution in [0.4, 0.5) is 5.69 Å². The highest BCUT2D eigenvalue weighted by Crippen LogP contribution is 2.43. The number of fused-ring (bicyclic) bond motifs is 1. The summed E-state index contributed by atoms with van der Waals surface area (Å²) in [5.41, 5.74) is 2.08. The third-order valence-electron chi connectivity index (χ3n) is 4.16. The molecule has 2 aromatic carbocycles. The second kappa shape index (κ2) is 5.25. The number of aryl methyl sites for hydroxylation is 1. The van der Waals surface area contributed by atoms with E-state index in [-0.39, 0.29) is 11.3 Å². The molecular formula is C17H17NO3S. The van der Waals surface area contributed by atoms with Gasteiger partial charge in [0.05, 0.1) is 4.90 Å². The summed E-state index contributed by atoms with van der Waals surface area (Å²) in [4.78, 5) is 12.1. The molecule has 0 aliphatic carbocycles. The number of benzene rings is 2. The third-order valence-corrected chi connectivity index (χ3v) is 6.52. The zero-order valence-electron chi connectivity index (χ0n) is 12.2. The van der Waals surface area contributed by atoms with Gasteiger partial charge in [-0.2, -0.15) is 0 Å². The Kier molecular flexibility index (Phi) is 3.53. The number of carbonyl (C=O) groups excluding carboxylic acids is 1. The lowest BCUT2D eigenvalue weighted by atomic mass is 9.91. The molecule has 0 aromatic heterocycles. The molecule has 114 valence electrons. The maximum atomic E-state index is 13.2. The third kappa shape index (κ3) is 2.04. The fourth-order valence-electron chi connectivity index (χ4n) is 2.98. The van der Waals surface area contributed by atoms with Crippen molar-refractivity contribution >= 4 is 21.8 Å². The topological polar surface area (TPSA) is 63.2 Å². The van der Waals surface area contributed by atoms with Crippen LogP contribution >= 0.6 is 0 Å². The minimum atomic E-state index is -3.82. The summed E-state index contributed by atoms with van der Waals surface area (Å²) < 4.78 is 24.9. The smallest absolute Gasteiger partial charge is 0.195 e. The Balaban J connectivity index is 2.26. The van der Waals surface area contributed by atoms with Crippen LogP contribution in [0.25, 0.3) is 0 Å². The first-order valence-electron chi connectivity index (χ1n) is 7.12. The highest BCUT2D eigenvalue weighted by Gasteiger charge is 2.49. The Bertz CT molecular complexity index is 829. The molecule has 3 rings (SSSR count). The molecule has 0 saturated heterocycles. The number of nitrogens with one attached hydrogen (secondary N) is 1. The van der Waals surface area contributed by atoms with E-state index < -0.39 is 14.6 Å². The standard InChI is InChI=1S/C17H17NO3S/c1-13-5-4-6-14(11-13)22(20,21)17(12-19)9-10-18-16-8-3-2-7-15(16)17/h2-8,11-12,18H,9-10H2,1H3. The van der Waals surface area contributed by atoms with E-state index in [0.29, 0.717) is 24.1 Å². The van der Waals surface area contributed by atoms with Crippen molar-refractivity contribution < 1.29 is 13.2 Å². The summed E-state index contributed by atoms with van der Waals surface area (Å²) in [5, 5.41) is 3.16. The monoisotopic (exact) mass is 315 g/mol. The number of hydrogen-bond donors (Lipinski definition) is 1. The van der Waals surface area contributed by atoms with Crippen molar-refractivity contribution in [3.05, 3.63) is 59.7 Å². The van der Waals surface area contributed by atoms with Crippen LogP contribution in [0, 0.1) is 6.92 Å². The van der Waals surface area contributed by atoms with Crippen LogP contribution in [0.15, 0.2) is 53.4 Å². The lowest BCUT2D eigenvalue weighted by Gasteiger charge is -2.34. The number of anilines is 1. The molecule has 22 heavy (non-hydrogen) atoms. The Morgan fingerprint density at radius 1 is 1.14 bits per heavy atom. The van der Waals surface area contributed by atoms with E-state index >= 15 is 0 Å². The number of para-hydroxylation sites is 1. The van der Waals surface area contributed by atoms with Crippen molar-refractivity contribution in [2.45, 2.75) is 23.0 Å². The predicted molar refractivity (Wildman–Crippen MR) is 85.7 cm³/mol. The molecule has 1 atom stereocenters. The summed E-state index contributed by atoms with van der Waals surface area (Å²) in [6.45, 7) is 2.28. The van der Waals surface area contributed by atoms with Crippen molar-refractivity contribution in [3.63, 3.8) is 0 Å². The number of hydrogen-bond acceptors (Lipinski definition) is 4. The second-order valence-electron chi connectivity index (χ2n) is 5.55. The molecule has 1 aliphatic heterocycles. The fourth-order valence-corrected chi connectivity index (χ4v) is 4.97. The van der Waals surface area contributed by atoms with Gasteiger partial charge in [0.2, 0.25) is 0 Å². The lowest BCUT2D eigenvalue weighted by molar-refractivity contribution is -0.110. The van der Waals surface area contributed by atoms with Crippen molar-refractivity contribution in [2.24, 2.45) is 0 Å². The van der Waals surface area contributed by atoms with E-state index in [2.05, 4.69) is 5.32 Å². The van der Waals surface area contributed by atoms with Crippen molar-refractivity contribution in [1.82, 2.24) is 0 Å². The van der Waals surface area contributed by atoms with E-state index in [1.807, 2.05) is 19.1 Å². The predicted octanol–water partition coefficient (Wildman–Crippen LogP) is 2.68. The molecule has 1 unspecified atom stereocenters. The minimum Gasteiger partial charge on any atom is -0.385 e.